The van der Waals surface area contributed by atoms with Crippen LogP contribution in [0.4, 0.5) is 0 Å². The van der Waals surface area contributed by atoms with Crippen molar-refractivity contribution in [2.45, 2.75) is 18.9 Å². The van der Waals surface area contributed by atoms with Gasteiger partial charge in [0.25, 0.3) is 0 Å². The van der Waals surface area contributed by atoms with Crippen LogP contribution in [0.2, 0.25) is 0 Å². The lowest BCUT2D eigenvalue weighted by Crippen LogP contribution is -2.28. The Labute approximate surface area is 106 Å². The van der Waals surface area contributed by atoms with Gasteiger partial charge in [0.15, 0.2) is 0 Å². The minimum atomic E-state index is 0.393. The molecule has 4 heteroatoms. The van der Waals surface area contributed by atoms with Crippen LogP contribution >= 0.6 is 0 Å². The summed E-state index contributed by atoms with van der Waals surface area (Å²) in [5.74, 6) is 2.04. The molecule has 2 aromatic rings. The van der Waals surface area contributed by atoms with E-state index in [1.807, 2.05) is 18.3 Å². The van der Waals surface area contributed by atoms with Crippen LogP contribution in [0, 0.1) is 0 Å². The van der Waals surface area contributed by atoms with Crippen LogP contribution < -0.4 is 10.1 Å². The Morgan fingerprint density at radius 3 is 3.22 bits per heavy atom. The number of hydrogen-bond donors (Lipinski definition) is 2. The van der Waals surface area contributed by atoms with E-state index < -0.39 is 0 Å². The molecule has 0 spiro atoms. The van der Waals surface area contributed by atoms with Gasteiger partial charge in [0.1, 0.15) is 11.6 Å². The second-order valence-electron chi connectivity index (χ2n) is 4.47. The van der Waals surface area contributed by atoms with Gasteiger partial charge in [0, 0.05) is 43.4 Å². The van der Waals surface area contributed by atoms with Gasteiger partial charge >= 0.3 is 0 Å². The number of nitrogens with one attached hydrogen (secondary N) is 2. The summed E-state index contributed by atoms with van der Waals surface area (Å²) in [5.41, 5.74) is 1.27. The Balaban J connectivity index is 1.60. The van der Waals surface area contributed by atoms with Crippen LogP contribution in [0.25, 0.3) is 0 Å². The topological polar surface area (TPSA) is 49.9 Å². The van der Waals surface area contributed by atoms with Crippen LogP contribution in [0.1, 0.15) is 23.9 Å². The van der Waals surface area contributed by atoms with Gasteiger partial charge < -0.3 is 15.0 Å². The zero-order chi connectivity index (χ0) is 12.2. The summed E-state index contributed by atoms with van der Waals surface area (Å²) >= 11 is 0. The molecular weight excluding hydrogens is 226 g/mol. The van der Waals surface area contributed by atoms with Gasteiger partial charge in [-0.2, -0.15) is 0 Å². The van der Waals surface area contributed by atoms with Crippen molar-refractivity contribution in [3.8, 4) is 5.75 Å². The van der Waals surface area contributed by atoms with Crippen molar-refractivity contribution in [2.75, 3.05) is 13.2 Å². The number of aromatic nitrogens is 2. The minimum absolute atomic E-state index is 0.393. The van der Waals surface area contributed by atoms with Crippen molar-refractivity contribution in [3.05, 3.63) is 48.0 Å². The molecule has 0 radical (unpaired) electrons. The Morgan fingerprint density at radius 2 is 2.33 bits per heavy atom. The molecule has 1 aliphatic rings. The van der Waals surface area contributed by atoms with Crippen LogP contribution in [0.15, 0.2) is 36.7 Å². The molecule has 2 heterocycles. The van der Waals surface area contributed by atoms with E-state index in [1.165, 1.54) is 5.56 Å². The number of rotatable bonds is 4. The molecule has 1 unspecified atom stereocenters. The molecule has 1 atom stereocenters. The largest absolute Gasteiger partial charge is 0.493 e. The van der Waals surface area contributed by atoms with E-state index in [4.69, 9.17) is 4.74 Å². The average molecular weight is 243 g/mol. The minimum Gasteiger partial charge on any atom is -0.493 e. The Hall–Kier alpha value is -1.81. The third-order valence-electron chi connectivity index (χ3n) is 3.27. The molecule has 0 aliphatic carbocycles. The lowest BCUT2D eigenvalue weighted by atomic mass is 10.0. The second-order valence-corrected chi connectivity index (χ2v) is 4.47. The molecule has 0 bridgehead atoms. The van der Waals surface area contributed by atoms with E-state index >= 15 is 0 Å². The molecule has 0 fully saturated rings. The van der Waals surface area contributed by atoms with Crippen LogP contribution in [0.5, 0.6) is 5.75 Å². The van der Waals surface area contributed by atoms with E-state index in [0.717, 1.165) is 37.6 Å². The number of para-hydroxylation sites is 1. The maximum absolute atomic E-state index is 5.65. The highest BCUT2D eigenvalue weighted by atomic mass is 16.5. The highest BCUT2D eigenvalue weighted by molar-refractivity contribution is 5.37. The summed E-state index contributed by atoms with van der Waals surface area (Å²) in [5, 5.41) is 3.58. The van der Waals surface area contributed by atoms with Crippen molar-refractivity contribution in [2.24, 2.45) is 0 Å². The zero-order valence-corrected chi connectivity index (χ0v) is 10.2. The summed E-state index contributed by atoms with van der Waals surface area (Å²) in [6, 6.07) is 8.65. The summed E-state index contributed by atoms with van der Waals surface area (Å²) in [4.78, 5) is 7.34. The van der Waals surface area contributed by atoms with E-state index in [2.05, 4.69) is 27.4 Å². The lowest BCUT2D eigenvalue weighted by Gasteiger charge is -2.26. The highest BCUT2D eigenvalue weighted by Crippen LogP contribution is 2.31. The SMILES string of the molecule is c1ccc2c(c1)OCCC2NCCc1ncc[nH]1. The Morgan fingerprint density at radius 1 is 1.39 bits per heavy atom. The number of nitrogens with zero attached hydrogens (tertiary/aromatic N) is 1. The third-order valence-corrected chi connectivity index (χ3v) is 3.27. The highest BCUT2D eigenvalue weighted by Gasteiger charge is 2.19. The fraction of sp³-hybridized carbons (Fsp3) is 0.357. The molecule has 18 heavy (non-hydrogen) atoms. The summed E-state index contributed by atoms with van der Waals surface area (Å²) in [6.45, 7) is 1.71. The molecule has 4 nitrogen and oxygen atoms in total. The summed E-state index contributed by atoms with van der Waals surface area (Å²) in [6.07, 6.45) is 5.60. The predicted molar refractivity (Wildman–Crippen MR) is 69.6 cm³/mol. The van der Waals surface area contributed by atoms with E-state index in [1.54, 1.807) is 6.20 Å². The third kappa shape index (κ3) is 2.38. The smallest absolute Gasteiger partial charge is 0.124 e. The van der Waals surface area contributed by atoms with Gasteiger partial charge in [-0.05, 0) is 6.07 Å². The van der Waals surface area contributed by atoms with Crippen molar-refractivity contribution in [3.63, 3.8) is 0 Å². The quantitative estimate of drug-likeness (QED) is 0.864. The zero-order valence-electron chi connectivity index (χ0n) is 10.2. The summed E-state index contributed by atoms with van der Waals surface area (Å²) in [7, 11) is 0. The van der Waals surface area contributed by atoms with Crippen LogP contribution in [-0.4, -0.2) is 23.1 Å². The molecule has 0 saturated heterocycles. The standard InChI is InChI=1S/C14H17N3O/c1-2-4-13-11(3-1)12(6-10-18-13)15-7-5-14-16-8-9-17-14/h1-4,8-9,12,15H,5-7,10H2,(H,16,17). The van der Waals surface area contributed by atoms with E-state index in [0.29, 0.717) is 6.04 Å². The molecule has 1 aromatic heterocycles. The van der Waals surface area contributed by atoms with Crippen molar-refractivity contribution >= 4 is 0 Å². The number of benzene rings is 1. The van der Waals surface area contributed by atoms with E-state index in [9.17, 15) is 0 Å². The first kappa shape index (κ1) is 11.3. The molecule has 0 amide bonds. The van der Waals surface area contributed by atoms with Gasteiger partial charge in [-0.3, -0.25) is 0 Å². The summed E-state index contributed by atoms with van der Waals surface area (Å²) < 4.78 is 5.65. The fourth-order valence-corrected chi connectivity index (χ4v) is 2.35. The molecular formula is C14H17N3O. The Kier molecular flexibility index (Phi) is 3.28. The van der Waals surface area contributed by atoms with Crippen LogP contribution in [-0.2, 0) is 6.42 Å². The fourth-order valence-electron chi connectivity index (χ4n) is 2.35. The maximum Gasteiger partial charge on any atom is 0.124 e. The first-order valence-electron chi connectivity index (χ1n) is 6.37. The Bertz CT molecular complexity index is 496. The van der Waals surface area contributed by atoms with Crippen molar-refractivity contribution < 1.29 is 4.74 Å². The predicted octanol–water partition coefficient (Wildman–Crippen LogP) is 2.07. The normalized spacial score (nSPS) is 18.1. The van der Waals surface area contributed by atoms with Crippen molar-refractivity contribution in [1.29, 1.82) is 0 Å². The number of aromatic amines is 1. The molecule has 3 rings (SSSR count). The number of imidazole rings is 1. The molecule has 2 N–H and O–H groups in total. The van der Waals surface area contributed by atoms with Gasteiger partial charge in [-0.25, -0.2) is 4.98 Å². The maximum atomic E-state index is 5.65. The number of ether oxygens (including phenoxy) is 1. The molecule has 0 saturated carbocycles. The van der Waals surface area contributed by atoms with Gasteiger partial charge in [-0.15, -0.1) is 0 Å². The molecule has 94 valence electrons. The van der Waals surface area contributed by atoms with Gasteiger partial charge in [0.2, 0.25) is 0 Å². The number of fused-ring (bicyclic) bond motifs is 1. The molecule has 1 aliphatic heterocycles. The lowest BCUT2D eigenvalue weighted by molar-refractivity contribution is 0.253. The number of hydrogen-bond acceptors (Lipinski definition) is 3. The van der Waals surface area contributed by atoms with Crippen molar-refractivity contribution in [1.82, 2.24) is 15.3 Å². The monoisotopic (exact) mass is 243 g/mol. The van der Waals surface area contributed by atoms with Crippen LogP contribution in [0.3, 0.4) is 0 Å². The average Bonchev–Trinajstić information content (AvgIpc) is 2.92. The van der Waals surface area contributed by atoms with Gasteiger partial charge in [-0.1, -0.05) is 18.2 Å². The second kappa shape index (κ2) is 5.23. The molecule has 1 aromatic carbocycles. The van der Waals surface area contributed by atoms with Gasteiger partial charge in [0.05, 0.1) is 6.61 Å². The first-order valence-corrected chi connectivity index (χ1v) is 6.37. The number of H-pyrrole nitrogens is 1. The van der Waals surface area contributed by atoms with E-state index in [-0.39, 0.29) is 0 Å². The first-order chi connectivity index (χ1) is 8.93.